The first kappa shape index (κ1) is 13.2. The number of hydrogen-bond acceptors (Lipinski definition) is 2. The van der Waals surface area contributed by atoms with E-state index < -0.39 is 0 Å². The highest BCUT2D eigenvalue weighted by atomic mass is 15.2. The zero-order chi connectivity index (χ0) is 14.1. The Bertz CT molecular complexity index is 719. The topological polar surface area (TPSA) is 25.5 Å². The smallest absolute Gasteiger partial charge is 0.215 e. The van der Waals surface area contributed by atoms with E-state index in [1.54, 1.807) is 0 Å². The number of imidazole rings is 2. The third-order valence-corrected chi connectivity index (χ3v) is 4.02. The van der Waals surface area contributed by atoms with Gasteiger partial charge in [0, 0.05) is 19.3 Å². The highest BCUT2D eigenvalue weighted by Gasteiger charge is 2.12. The zero-order valence-corrected chi connectivity index (χ0v) is 12.5. The number of para-hydroxylation sites is 2. The van der Waals surface area contributed by atoms with Crippen molar-refractivity contribution in [3.05, 3.63) is 36.2 Å². The minimum Gasteiger partial charge on any atom is -0.308 e. The second kappa shape index (κ2) is 5.29. The van der Waals surface area contributed by atoms with Gasteiger partial charge in [0.15, 0.2) is 0 Å². The molecule has 0 bridgehead atoms. The summed E-state index contributed by atoms with van der Waals surface area (Å²) in [5.41, 5.74) is 3.58. The van der Waals surface area contributed by atoms with E-state index >= 15 is 0 Å². The van der Waals surface area contributed by atoms with Gasteiger partial charge in [-0.25, -0.2) is 4.98 Å². The molecule has 0 atom stereocenters. The van der Waals surface area contributed by atoms with Gasteiger partial charge in [-0.3, -0.25) is 4.40 Å². The first-order valence-corrected chi connectivity index (χ1v) is 7.39. The monoisotopic (exact) mass is 270 g/mol. The number of rotatable bonds is 5. The van der Waals surface area contributed by atoms with Crippen molar-refractivity contribution in [2.75, 3.05) is 19.6 Å². The fourth-order valence-electron chi connectivity index (χ4n) is 2.86. The molecular weight excluding hydrogens is 248 g/mol. The van der Waals surface area contributed by atoms with Gasteiger partial charge in [0.05, 0.1) is 16.7 Å². The van der Waals surface area contributed by atoms with Crippen molar-refractivity contribution < 1.29 is 0 Å². The molecule has 0 radical (unpaired) electrons. The summed E-state index contributed by atoms with van der Waals surface area (Å²) in [6.45, 7) is 10.7. The van der Waals surface area contributed by atoms with Crippen LogP contribution in [0.4, 0.5) is 0 Å². The summed E-state index contributed by atoms with van der Waals surface area (Å²) >= 11 is 0. The van der Waals surface area contributed by atoms with Gasteiger partial charge in [0.2, 0.25) is 5.78 Å². The Hall–Kier alpha value is -1.81. The predicted molar refractivity (Wildman–Crippen MR) is 83.2 cm³/mol. The summed E-state index contributed by atoms with van der Waals surface area (Å²) in [6, 6.07) is 8.54. The van der Waals surface area contributed by atoms with Crippen molar-refractivity contribution in [1.29, 1.82) is 0 Å². The number of nitrogens with zero attached hydrogens (tertiary/aromatic N) is 4. The molecule has 4 nitrogen and oxygen atoms in total. The second-order valence-electron chi connectivity index (χ2n) is 5.22. The van der Waals surface area contributed by atoms with Gasteiger partial charge < -0.3 is 9.47 Å². The van der Waals surface area contributed by atoms with Gasteiger partial charge in [0.25, 0.3) is 0 Å². The molecule has 0 N–H and O–H groups in total. The van der Waals surface area contributed by atoms with Gasteiger partial charge in [-0.05, 0) is 32.1 Å². The predicted octanol–water partition coefficient (Wildman–Crippen LogP) is 2.94. The second-order valence-corrected chi connectivity index (χ2v) is 5.22. The van der Waals surface area contributed by atoms with Gasteiger partial charge in [-0.1, -0.05) is 26.0 Å². The fourth-order valence-corrected chi connectivity index (χ4v) is 2.86. The summed E-state index contributed by atoms with van der Waals surface area (Å²) in [5.74, 6) is 1.05. The third-order valence-electron chi connectivity index (χ3n) is 4.02. The number of aryl methyl sites for hydroxylation is 1. The molecule has 0 saturated carbocycles. The van der Waals surface area contributed by atoms with Crippen LogP contribution in [0.25, 0.3) is 16.8 Å². The Labute approximate surface area is 119 Å². The quantitative estimate of drug-likeness (QED) is 0.712. The molecule has 0 aliphatic rings. The van der Waals surface area contributed by atoms with Crippen molar-refractivity contribution in [3.8, 4) is 0 Å². The van der Waals surface area contributed by atoms with Crippen LogP contribution in [0.2, 0.25) is 0 Å². The normalized spacial score (nSPS) is 12.0. The van der Waals surface area contributed by atoms with Crippen molar-refractivity contribution in [2.45, 2.75) is 27.3 Å². The fraction of sp³-hybridized carbons (Fsp3) is 0.438. The summed E-state index contributed by atoms with van der Waals surface area (Å²) in [6.07, 6.45) is 2.12. The highest BCUT2D eigenvalue weighted by Crippen LogP contribution is 2.20. The molecule has 0 fully saturated rings. The molecule has 0 amide bonds. The van der Waals surface area contributed by atoms with E-state index in [2.05, 4.69) is 70.1 Å². The molecule has 106 valence electrons. The first-order chi connectivity index (χ1) is 9.74. The molecule has 1 aromatic carbocycles. The number of fused-ring (bicyclic) bond motifs is 3. The number of likely N-dealkylation sites (N-methyl/N-ethyl adjacent to an activating group) is 1. The summed E-state index contributed by atoms with van der Waals surface area (Å²) in [4.78, 5) is 7.13. The number of hydrogen-bond donors (Lipinski definition) is 0. The van der Waals surface area contributed by atoms with E-state index in [0.717, 1.165) is 37.7 Å². The number of aromatic nitrogens is 3. The zero-order valence-electron chi connectivity index (χ0n) is 12.5. The van der Waals surface area contributed by atoms with E-state index in [0.29, 0.717) is 0 Å². The molecule has 3 aromatic rings. The van der Waals surface area contributed by atoms with Crippen LogP contribution in [0.1, 0.15) is 19.5 Å². The number of benzene rings is 1. The van der Waals surface area contributed by atoms with Crippen molar-refractivity contribution in [1.82, 2.24) is 18.9 Å². The maximum Gasteiger partial charge on any atom is 0.215 e. The van der Waals surface area contributed by atoms with E-state index in [1.165, 1.54) is 11.0 Å². The lowest BCUT2D eigenvalue weighted by Crippen LogP contribution is -2.27. The lowest BCUT2D eigenvalue weighted by Gasteiger charge is -2.18. The van der Waals surface area contributed by atoms with Crippen molar-refractivity contribution >= 4 is 16.8 Å². The molecule has 0 unspecified atom stereocenters. The standard InChI is InChI=1S/C16H22N4/c1-4-18(5-2)10-11-19-14-8-6-7-9-15(14)20-12-13(3)17-16(19)20/h6-9,12H,4-5,10-11H2,1-3H3. The molecule has 0 aliphatic heterocycles. The van der Waals surface area contributed by atoms with Crippen LogP contribution in [0.3, 0.4) is 0 Å². The molecule has 0 spiro atoms. The summed E-state index contributed by atoms with van der Waals surface area (Å²) in [5, 5.41) is 0. The van der Waals surface area contributed by atoms with Crippen molar-refractivity contribution in [3.63, 3.8) is 0 Å². The Morgan fingerprint density at radius 1 is 1.10 bits per heavy atom. The van der Waals surface area contributed by atoms with Gasteiger partial charge >= 0.3 is 0 Å². The van der Waals surface area contributed by atoms with Crippen LogP contribution in [0.15, 0.2) is 30.5 Å². The molecule has 3 rings (SSSR count). The highest BCUT2D eigenvalue weighted by molar-refractivity contribution is 5.80. The van der Waals surface area contributed by atoms with E-state index in [1.807, 2.05) is 0 Å². The Kier molecular flexibility index (Phi) is 3.49. The van der Waals surface area contributed by atoms with E-state index in [4.69, 9.17) is 0 Å². The molecule has 0 saturated heterocycles. The molecule has 2 heterocycles. The van der Waals surface area contributed by atoms with Crippen LogP contribution in [0, 0.1) is 6.92 Å². The maximum absolute atomic E-state index is 4.69. The Balaban J connectivity index is 2.06. The van der Waals surface area contributed by atoms with Crippen LogP contribution in [-0.2, 0) is 6.54 Å². The van der Waals surface area contributed by atoms with Crippen molar-refractivity contribution in [2.24, 2.45) is 0 Å². The maximum atomic E-state index is 4.69. The Morgan fingerprint density at radius 2 is 1.80 bits per heavy atom. The lowest BCUT2D eigenvalue weighted by atomic mass is 10.3. The summed E-state index contributed by atoms with van der Waals surface area (Å²) in [7, 11) is 0. The third kappa shape index (κ3) is 2.10. The first-order valence-electron chi connectivity index (χ1n) is 7.39. The molecular formula is C16H22N4. The van der Waals surface area contributed by atoms with Gasteiger partial charge in [-0.2, -0.15) is 0 Å². The average Bonchev–Trinajstić information content (AvgIpc) is 2.97. The summed E-state index contributed by atoms with van der Waals surface area (Å²) < 4.78 is 4.54. The van der Waals surface area contributed by atoms with Crippen LogP contribution >= 0.6 is 0 Å². The van der Waals surface area contributed by atoms with Crippen LogP contribution in [-0.4, -0.2) is 38.5 Å². The van der Waals surface area contributed by atoms with Gasteiger partial charge in [0.1, 0.15) is 0 Å². The SMILES string of the molecule is CCN(CC)CCn1c2ccccc2n2cc(C)nc12. The minimum absolute atomic E-state index is 0.981. The van der Waals surface area contributed by atoms with E-state index in [-0.39, 0.29) is 0 Å². The lowest BCUT2D eigenvalue weighted by molar-refractivity contribution is 0.293. The van der Waals surface area contributed by atoms with Gasteiger partial charge in [-0.15, -0.1) is 0 Å². The minimum atomic E-state index is 0.981. The molecule has 20 heavy (non-hydrogen) atoms. The van der Waals surface area contributed by atoms with Crippen LogP contribution in [0.5, 0.6) is 0 Å². The largest absolute Gasteiger partial charge is 0.308 e. The molecule has 2 aromatic heterocycles. The average molecular weight is 270 g/mol. The Morgan fingerprint density at radius 3 is 2.50 bits per heavy atom. The molecule has 0 aliphatic carbocycles. The van der Waals surface area contributed by atoms with E-state index in [9.17, 15) is 0 Å². The van der Waals surface area contributed by atoms with Crippen LogP contribution < -0.4 is 0 Å². The molecule has 4 heteroatoms.